The summed E-state index contributed by atoms with van der Waals surface area (Å²) in [5, 5.41) is 3.49. The second kappa shape index (κ2) is 3.67. The third kappa shape index (κ3) is 1.37. The molecule has 0 bridgehead atoms. The molecule has 3 nitrogen and oxygen atoms in total. The van der Waals surface area contributed by atoms with Crippen LogP contribution in [0.1, 0.15) is 11.1 Å². The Hall–Kier alpha value is -2.16. The van der Waals surface area contributed by atoms with Gasteiger partial charge in [-0.25, -0.2) is 9.98 Å². The Bertz CT molecular complexity index is 646. The van der Waals surface area contributed by atoms with E-state index < -0.39 is 0 Å². The number of hydrogen-bond donors (Lipinski definition) is 1. The first-order valence-electron chi connectivity index (χ1n) is 6.27. The maximum absolute atomic E-state index is 4.77. The molecule has 0 amide bonds. The van der Waals surface area contributed by atoms with Gasteiger partial charge in [0.25, 0.3) is 0 Å². The molecule has 1 N–H and O–H groups in total. The van der Waals surface area contributed by atoms with Crippen molar-refractivity contribution in [3.63, 3.8) is 0 Å². The van der Waals surface area contributed by atoms with Gasteiger partial charge in [0.2, 0.25) is 0 Å². The van der Waals surface area contributed by atoms with E-state index in [0.29, 0.717) is 5.92 Å². The van der Waals surface area contributed by atoms with Crippen LogP contribution in [-0.4, -0.2) is 17.2 Å². The number of pyridine rings is 1. The Morgan fingerprint density at radius 1 is 1.11 bits per heavy atom. The van der Waals surface area contributed by atoms with Crippen molar-refractivity contribution in [2.75, 3.05) is 11.9 Å². The van der Waals surface area contributed by atoms with Crippen LogP contribution in [0.3, 0.4) is 0 Å². The minimum Gasteiger partial charge on any atom is -0.384 e. The van der Waals surface area contributed by atoms with Crippen molar-refractivity contribution in [3.05, 3.63) is 53.7 Å². The van der Waals surface area contributed by atoms with Gasteiger partial charge in [-0.3, -0.25) is 0 Å². The molecule has 3 heteroatoms. The Morgan fingerprint density at radius 2 is 2.06 bits per heavy atom. The van der Waals surface area contributed by atoms with Gasteiger partial charge < -0.3 is 5.32 Å². The number of fused-ring (bicyclic) bond motifs is 4. The molecule has 0 fully saturated rings. The van der Waals surface area contributed by atoms with Crippen LogP contribution in [0.15, 0.2) is 47.6 Å². The Balaban J connectivity index is 1.91. The molecule has 0 aliphatic carbocycles. The Labute approximate surface area is 106 Å². The SMILES string of the molecule is c1cnc2c(c1)CC1CNc3ccccc3C1=N2. The molecule has 0 saturated heterocycles. The second-order valence-electron chi connectivity index (χ2n) is 4.81. The average molecular weight is 235 g/mol. The van der Waals surface area contributed by atoms with Crippen LogP contribution in [0, 0.1) is 5.92 Å². The highest BCUT2D eigenvalue weighted by atomic mass is 15.0. The number of nitrogens with one attached hydrogen (secondary N) is 1. The van der Waals surface area contributed by atoms with E-state index in [9.17, 15) is 0 Å². The van der Waals surface area contributed by atoms with E-state index >= 15 is 0 Å². The van der Waals surface area contributed by atoms with Gasteiger partial charge in [-0.15, -0.1) is 0 Å². The van der Waals surface area contributed by atoms with Crippen molar-refractivity contribution < 1.29 is 0 Å². The predicted molar refractivity (Wildman–Crippen MR) is 72.6 cm³/mol. The molecule has 1 aromatic heterocycles. The van der Waals surface area contributed by atoms with Gasteiger partial charge in [-0.1, -0.05) is 24.3 Å². The number of para-hydroxylation sites is 1. The summed E-state index contributed by atoms with van der Waals surface area (Å²) in [7, 11) is 0. The molecule has 1 unspecified atom stereocenters. The van der Waals surface area contributed by atoms with Gasteiger partial charge >= 0.3 is 0 Å². The normalized spacial score (nSPS) is 20.0. The minimum atomic E-state index is 0.469. The maximum atomic E-state index is 4.77. The summed E-state index contributed by atoms with van der Waals surface area (Å²) in [6, 6.07) is 12.5. The molecule has 4 rings (SSSR count). The molecule has 2 aliphatic rings. The standard InChI is InChI=1S/C15H13N3/c1-2-6-13-12(5-1)14-11(9-17-13)8-10-4-3-7-16-15(10)18-14/h1-7,11,17H,8-9H2. The van der Waals surface area contributed by atoms with E-state index in [1.807, 2.05) is 12.3 Å². The second-order valence-corrected chi connectivity index (χ2v) is 4.81. The maximum Gasteiger partial charge on any atom is 0.155 e. The van der Waals surface area contributed by atoms with Crippen LogP contribution in [0.5, 0.6) is 0 Å². The highest BCUT2D eigenvalue weighted by Gasteiger charge is 2.29. The quantitative estimate of drug-likeness (QED) is 0.762. The summed E-state index contributed by atoms with van der Waals surface area (Å²) >= 11 is 0. The van der Waals surface area contributed by atoms with Crippen LogP contribution in [0.25, 0.3) is 0 Å². The summed E-state index contributed by atoms with van der Waals surface area (Å²) in [5.74, 6) is 1.36. The number of hydrogen-bond acceptors (Lipinski definition) is 3. The van der Waals surface area contributed by atoms with Crippen molar-refractivity contribution in [2.45, 2.75) is 6.42 Å². The van der Waals surface area contributed by atoms with Crippen LogP contribution in [0.4, 0.5) is 11.5 Å². The summed E-state index contributed by atoms with van der Waals surface area (Å²) < 4.78 is 0. The predicted octanol–water partition coefficient (Wildman–Crippen LogP) is 2.80. The molecule has 0 radical (unpaired) electrons. The molecule has 0 spiro atoms. The fraction of sp³-hybridized carbons (Fsp3) is 0.200. The third-order valence-corrected chi connectivity index (χ3v) is 3.69. The molecule has 1 atom stereocenters. The lowest BCUT2D eigenvalue weighted by molar-refractivity contribution is 0.699. The molecule has 18 heavy (non-hydrogen) atoms. The van der Waals surface area contributed by atoms with E-state index in [0.717, 1.165) is 18.8 Å². The fourth-order valence-electron chi connectivity index (χ4n) is 2.80. The van der Waals surface area contributed by atoms with Gasteiger partial charge in [0.05, 0.1) is 5.71 Å². The summed E-state index contributed by atoms with van der Waals surface area (Å²) in [6.07, 6.45) is 2.85. The topological polar surface area (TPSA) is 37.3 Å². The van der Waals surface area contributed by atoms with E-state index in [1.165, 1.54) is 22.5 Å². The van der Waals surface area contributed by atoms with Crippen molar-refractivity contribution in [3.8, 4) is 0 Å². The molecule has 2 aliphatic heterocycles. The number of aliphatic imine (C=N–C) groups is 1. The average Bonchev–Trinajstić information content (AvgIpc) is 2.45. The van der Waals surface area contributed by atoms with E-state index in [-0.39, 0.29) is 0 Å². The van der Waals surface area contributed by atoms with Crippen molar-refractivity contribution in [1.29, 1.82) is 0 Å². The lowest BCUT2D eigenvalue weighted by Crippen LogP contribution is -2.33. The number of benzene rings is 1. The molecule has 88 valence electrons. The van der Waals surface area contributed by atoms with Crippen molar-refractivity contribution in [1.82, 2.24) is 4.98 Å². The van der Waals surface area contributed by atoms with Gasteiger partial charge in [-0.2, -0.15) is 0 Å². The molecule has 2 aromatic rings. The van der Waals surface area contributed by atoms with Gasteiger partial charge in [0.1, 0.15) is 0 Å². The van der Waals surface area contributed by atoms with E-state index in [4.69, 9.17) is 4.99 Å². The summed E-state index contributed by atoms with van der Waals surface area (Å²) in [6.45, 7) is 0.962. The first-order chi connectivity index (χ1) is 8.92. The van der Waals surface area contributed by atoms with Crippen LogP contribution < -0.4 is 5.32 Å². The zero-order chi connectivity index (χ0) is 11.9. The lowest BCUT2D eigenvalue weighted by atomic mass is 9.85. The minimum absolute atomic E-state index is 0.469. The first kappa shape index (κ1) is 9.83. The highest BCUT2D eigenvalue weighted by Crippen LogP contribution is 2.34. The number of aromatic nitrogens is 1. The van der Waals surface area contributed by atoms with Crippen LogP contribution >= 0.6 is 0 Å². The number of rotatable bonds is 0. The molecule has 1 aromatic carbocycles. The lowest BCUT2D eigenvalue weighted by Gasteiger charge is -2.30. The monoisotopic (exact) mass is 235 g/mol. The molecule has 3 heterocycles. The van der Waals surface area contributed by atoms with Crippen molar-refractivity contribution in [2.24, 2.45) is 10.9 Å². The highest BCUT2D eigenvalue weighted by molar-refractivity contribution is 6.10. The Morgan fingerprint density at radius 3 is 3.06 bits per heavy atom. The van der Waals surface area contributed by atoms with E-state index in [2.05, 4.69) is 40.6 Å². The zero-order valence-electron chi connectivity index (χ0n) is 9.93. The number of anilines is 1. The largest absolute Gasteiger partial charge is 0.384 e. The summed E-state index contributed by atoms with van der Waals surface area (Å²) in [5.41, 5.74) is 4.86. The van der Waals surface area contributed by atoms with Crippen LogP contribution in [0.2, 0.25) is 0 Å². The molecule has 0 saturated carbocycles. The fourth-order valence-corrected chi connectivity index (χ4v) is 2.80. The van der Waals surface area contributed by atoms with Crippen molar-refractivity contribution >= 4 is 17.2 Å². The molecular weight excluding hydrogens is 222 g/mol. The Kier molecular flexibility index (Phi) is 2.00. The van der Waals surface area contributed by atoms with Crippen LogP contribution in [-0.2, 0) is 6.42 Å². The van der Waals surface area contributed by atoms with E-state index in [1.54, 1.807) is 0 Å². The third-order valence-electron chi connectivity index (χ3n) is 3.69. The van der Waals surface area contributed by atoms with Gasteiger partial charge in [0.15, 0.2) is 5.82 Å². The smallest absolute Gasteiger partial charge is 0.155 e. The van der Waals surface area contributed by atoms with Gasteiger partial charge in [0, 0.05) is 29.9 Å². The first-order valence-corrected chi connectivity index (χ1v) is 6.27. The van der Waals surface area contributed by atoms with Gasteiger partial charge in [-0.05, 0) is 24.1 Å². The summed E-state index contributed by atoms with van der Waals surface area (Å²) in [4.78, 5) is 9.15. The number of nitrogens with zero attached hydrogens (tertiary/aromatic N) is 2. The molecular formula is C15H13N3. The zero-order valence-corrected chi connectivity index (χ0v) is 9.93.